The molecule has 6 rings (SSSR count). The molecular formula is C25H21ClN6OS. The molecule has 34 heavy (non-hydrogen) atoms. The highest BCUT2D eigenvalue weighted by Gasteiger charge is 2.46. The van der Waals surface area contributed by atoms with Gasteiger partial charge in [-0.1, -0.05) is 17.7 Å². The average molecular weight is 489 g/mol. The van der Waals surface area contributed by atoms with Crippen LogP contribution >= 0.6 is 22.9 Å². The summed E-state index contributed by atoms with van der Waals surface area (Å²) in [6.45, 7) is 0.568. The van der Waals surface area contributed by atoms with E-state index in [2.05, 4.69) is 55.6 Å². The zero-order valence-corrected chi connectivity index (χ0v) is 19.7. The number of pyridine rings is 2. The SMILES string of the molecule is N#Cc1cc(Cl)sc1C1CC1C(=O)Nc1cc(NCc2cn3cc(C4CC4)ccc3n2)ccn1. The van der Waals surface area contributed by atoms with Crippen LogP contribution in [0, 0.1) is 17.2 Å². The number of rotatable bonds is 7. The normalized spacial score (nSPS) is 19.1. The molecule has 2 saturated carbocycles. The Morgan fingerprint density at radius 2 is 2.15 bits per heavy atom. The van der Waals surface area contributed by atoms with Gasteiger partial charge in [0.25, 0.3) is 0 Å². The number of nitriles is 1. The number of imidazole rings is 1. The maximum Gasteiger partial charge on any atom is 0.229 e. The Hall–Kier alpha value is -3.41. The van der Waals surface area contributed by atoms with Crippen LogP contribution in [-0.2, 0) is 11.3 Å². The molecule has 7 nitrogen and oxygen atoms in total. The summed E-state index contributed by atoms with van der Waals surface area (Å²) >= 11 is 7.43. The summed E-state index contributed by atoms with van der Waals surface area (Å²) < 4.78 is 2.67. The van der Waals surface area contributed by atoms with Crippen molar-refractivity contribution >= 4 is 46.0 Å². The average Bonchev–Trinajstić information content (AvgIpc) is 3.76. The van der Waals surface area contributed by atoms with E-state index < -0.39 is 0 Å². The van der Waals surface area contributed by atoms with Crippen LogP contribution in [0.15, 0.2) is 48.9 Å². The van der Waals surface area contributed by atoms with Crippen molar-refractivity contribution in [1.29, 1.82) is 5.26 Å². The number of carbonyl (C=O) groups is 1. The Morgan fingerprint density at radius 3 is 2.97 bits per heavy atom. The fourth-order valence-electron chi connectivity index (χ4n) is 4.34. The van der Waals surface area contributed by atoms with Gasteiger partial charge in [0, 0.05) is 47.1 Å². The van der Waals surface area contributed by atoms with Gasteiger partial charge in [-0.25, -0.2) is 9.97 Å². The van der Waals surface area contributed by atoms with Gasteiger partial charge < -0.3 is 15.0 Å². The first-order valence-electron chi connectivity index (χ1n) is 11.2. The van der Waals surface area contributed by atoms with Crippen molar-refractivity contribution in [2.75, 3.05) is 10.6 Å². The summed E-state index contributed by atoms with van der Waals surface area (Å²) in [6.07, 6.45) is 9.17. The number of fused-ring (bicyclic) bond motifs is 1. The fourth-order valence-corrected chi connectivity index (χ4v) is 5.71. The number of carbonyl (C=O) groups excluding carboxylic acids is 1. The molecule has 1 amide bonds. The Labute approximate surface area is 205 Å². The summed E-state index contributed by atoms with van der Waals surface area (Å²) in [7, 11) is 0. The molecule has 2 unspecified atom stereocenters. The van der Waals surface area contributed by atoms with E-state index in [0.29, 0.717) is 34.6 Å². The van der Waals surface area contributed by atoms with Crippen LogP contribution in [0.4, 0.5) is 11.5 Å². The lowest BCUT2D eigenvalue weighted by molar-refractivity contribution is -0.117. The zero-order chi connectivity index (χ0) is 23.2. The number of hydrogen-bond acceptors (Lipinski definition) is 6. The van der Waals surface area contributed by atoms with Crippen molar-refractivity contribution < 1.29 is 4.79 Å². The standard InChI is InChI=1S/C25H21ClN6OS/c26-21-7-16(10-27)24(34-21)19-9-20(19)25(33)31-22-8-17(5-6-28-22)29-11-18-13-32-12-15(14-1-2-14)3-4-23(32)30-18/h3-8,12-14,19-20H,1-2,9,11H2,(H2,28,29,31,33). The van der Waals surface area contributed by atoms with Crippen LogP contribution in [-0.4, -0.2) is 20.3 Å². The number of amides is 1. The quantitative estimate of drug-likeness (QED) is 0.355. The van der Waals surface area contributed by atoms with Gasteiger partial charge in [-0.15, -0.1) is 11.3 Å². The van der Waals surface area contributed by atoms with Crippen molar-refractivity contribution in [3.8, 4) is 6.07 Å². The molecule has 4 aromatic rings. The molecule has 2 N–H and O–H groups in total. The number of aromatic nitrogens is 3. The molecule has 0 radical (unpaired) electrons. The molecule has 4 aromatic heterocycles. The first-order valence-corrected chi connectivity index (χ1v) is 12.4. The van der Waals surface area contributed by atoms with Crippen LogP contribution in [0.2, 0.25) is 4.34 Å². The molecule has 2 aliphatic carbocycles. The molecule has 2 aliphatic rings. The van der Waals surface area contributed by atoms with Crippen molar-refractivity contribution in [2.24, 2.45) is 5.92 Å². The molecular weight excluding hydrogens is 468 g/mol. The van der Waals surface area contributed by atoms with Crippen molar-refractivity contribution in [2.45, 2.75) is 37.6 Å². The lowest BCUT2D eigenvalue weighted by atomic mass is 10.2. The van der Waals surface area contributed by atoms with Crippen molar-refractivity contribution in [3.63, 3.8) is 0 Å². The molecule has 0 aromatic carbocycles. The lowest BCUT2D eigenvalue weighted by Gasteiger charge is -2.08. The van der Waals surface area contributed by atoms with Gasteiger partial charge in [0.2, 0.25) is 5.91 Å². The number of anilines is 2. The van der Waals surface area contributed by atoms with Gasteiger partial charge >= 0.3 is 0 Å². The third kappa shape index (κ3) is 4.25. The highest BCUT2D eigenvalue weighted by Crippen LogP contribution is 2.52. The number of nitrogens with one attached hydrogen (secondary N) is 2. The Balaban J connectivity index is 1.08. The predicted octanol–water partition coefficient (Wildman–Crippen LogP) is 5.55. The van der Waals surface area contributed by atoms with Gasteiger partial charge in [0.05, 0.1) is 22.1 Å². The Bertz CT molecular complexity index is 1450. The lowest BCUT2D eigenvalue weighted by Crippen LogP contribution is -2.15. The van der Waals surface area contributed by atoms with E-state index in [1.807, 2.05) is 12.1 Å². The van der Waals surface area contributed by atoms with Crippen LogP contribution in [0.5, 0.6) is 0 Å². The minimum absolute atomic E-state index is 0.0453. The number of hydrogen-bond donors (Lipinski definition) is 2. The van der Waals surface area contributed by atoms with Crippen molar-refractivity contribution in [3.05, 3.63) is 75.0 Å². The van der Waals surface area contributed by atoms with Gasteiger partial charge in [-0.2, -0.15) is 5.26 Å². The van der Waals surface area contributed by atoms with Crippen molar-refractivity contribution in [1.82, 2.24) is 14.4 Å². The fraction of sp³-hybridized carbons (Fsp3) is 0.280. The highest BCUT2D eigenvalue weighted by atomic mass is 35.5. The van der Waals surface area contributed by atoms with E-state index in [1.54, 1.807) is 12.3 Å². The molecule has 170 valence electrons. The Morgan fingerprint density at radius 1 is 1.26 bits per heavy atom. The monoisotopic (exact) mass is 488 g/mol. The van der Waals surface area contributed by atoms with E-state index in [1.165, 1.54) is 29.7 Å². The van der Waals surface area contributed by atoms with E-state index in [4.69, 9.17) is 11.6 Å². The zero-order valence-electron chi connectivity index (χ0n) is 18.2. The second-order valence-corrected chi connectivity index (χ2v) is 10.6. The van der Waals surface area contributed by atoms with Gasteiger partial charge in [0.1, 0.15) is 17.5 Å². The van der Waals surface area contributed by atoms with Crippen LogP contribution in [0.25, 0.3) is 5.65 Å². The molecule has 0 aliphatic heterocycles. The summed E-state index contributed by atoms with van der Waals surface area (Å²) in [5, 5.41) is 15.6. The molecule has 0 spiro atoms. The predicted molar refractivity (Wildman–Crippen MR) is 132 cm³/mol. The highest BCUT2D eigenvalue weighted by molar-refractivity contribution is 7.16. The smallest absolute Gasteiger partial charge is 0.229 e. The minimum atomic E-state index is -0.168. The number of thiophene rings is 1. The van der Waals surface area contributed by atoms with Crippen LogP contribution < -0.4 is 10.6 Å². The van der Waals surface area contributed by atoms with Gasteiger partial charge in [-0.05, 0) is 48.9 Å². The second-order valence-electron chi connectivity index (χ2n) is 8.90. The number of halogens is 1. The molecule has 0 saturated heterocycles. The first-order chi connectivity index (χ1) is 16.6. The van der Waals surface area contributed by atoms with E-state index in [9.17, 15) is 10.1 Å². The first kappa shape index (κ1) is 21.1. The summed E-state index contributed by atoms with van der Waals surface area (Å²) in [6, 6.07) is 11.8. The van der Waals surface area contributed by atoms with Crippen LogP contribution in [0.1, 0.15) is 52.8 Å². The maximum absolute atomic E-state index is 12.7. The van der Waals surface area contributed by atoms with Gasteiger partial charge in [0.15, 0.2) is 0 Å². The summed E-state index contributed by atoms with van der Waals surface area (Å²) in [5.41, 5.74) is 4.68. The van der Waals surface area contributed by atoms with E-state index in [0.717, 1.165) is 21.9 Å². The molecule has 4 heterocycles. The van der Waals surface area contributed by atoms with Crippen LogP contribution in [0.3, 0.4) is 0 Å². The summed E-state index contributed by atoms with van der Waals surface area (Å²) in [4.78, 5) is 22.6. The van der Waals surface area contributed by atoms with Gasteiger partial charge in [-0.3, -0.25) is 4.79 Å². The Kier molecular flexibility index (Phi) is 5.24. The third-order valence-corrected chi connectivity index (χ3v) is 7.77. The topological polar surface area (TPSA) is 95.1 Å². The largest absolute Gasteiger partial charge is 0.379 e. The molecule has 2 atom stereocenters. The molecule has 0 bridgehead atoms. The van der Waals surface area contributed by atoms with E-state index >= 15 is 0 Å². The molecule has 2 fully saturated rings. The maximum atomic E-state index is 12.7. The summed E-state index contributed by atoms with van der Waals surface area (Å²) in [5.74, 6) is 0.994. The molecule has 9 heteroatoms. The second kappa shape index (κ2) is 8.42. The minimum Gasteiger partial charge on any atom is -0.379 e. The number of nitrogens with zero attached hydrogens (tertiary/aromatic N) is 4. The van der Waals surface area contributed by atoms with E-state index in [-0.39, 0.29) is 17.7 Å². The third-order valence-electron chi connectivity index (χ3n) is 6.37.